The van der Waals surface area contributed by atoms with Gasteiger partial charge in [-0.25, -0.2) is 9.97 Å². The molecule has 0 saturated heterocycles. The number of aromatic nitrogens is 2. The molecular formula is C17H18Cl2N4O2. The zero-order chi connectivity index (χ0) is 17.8. The lowest BCUT2D eigenvalue weighted by Crippen LogP contribution is -2.32. The van der Waals surface area contributed by atoms with Gasteiger partial charge >= 0.3 is 0 Å². The summed E-state index contributed by atoms with van der Waals surface area (Å²) in [4.78, 5) is 12.2. The van der Waals surface area contributed by atoms with Crippen LogP contribution in [-0.2, 0) is 9.47 Å². The van der Waals surface area contributed by atoms with Crippen LogP contribution >= 0.6 is 23.2 Å². The Morgan fingerprint density at radius 3 is 2.72 bits per heavy atom. The first-order valence-electron chi connectivity index (χ1n) is 7.71. The Bertz CT molecular complexity index is 770. The third-order valence-corrected chi connectivity index (χ3v) is 3.98. The molecule has 3 rings (SSSR count). The lowest BCUT2D eigenvalue weighted by atomic mass is 10.2. The molecule has 0 N–H and O–H groups in total. The monoisotopic (exact) mass is 380 g/mol. The van der Waals surface area contributed by atoms with Crippen LogP contribution in [0.3, 0.4) is 0 Å². The molecule has 1 aromatic heterocycles. The van der Waals surface area contributed by atoms with Crippen LogP contribution in [0.15, 0.2) is 48.7 Å². The normalized spacial score (nSPS) is 16.4. The quantitative estimate of drug-likeness (QED) is 0.712. The number of benzene rings is 1. The van der Waals surface area contributed by atoms with Gasteiger partial charge in [0.1, 0.15) is 12.1 Å². The van der Waals surface area contributed by atoms with Crippen molar-refractivity contribution in [1.82, 2.24) is 14.9 Å². The Labute approximate surface area is 156 Å². The summed E-state index contributed by atoms with van der Waals surface area (Å²) < 4.78 is 11.6. The van der Waals surface area contributed by atoms with Crippen LogP contribution in [0.2, 0.25) is 10.3 Å². The number of halogens is 2. The summed E-state index contributed by atoms with van der Waals surface area (Å²) in [6, 6.07) is 9.16. The second-order valence-electron chi connectivity index (χ2n) is 5.74. The van der Waals surface area contributed by atoms with Crippen LogP contribution in [-0.4, -0.2) is 42.1 Å². The first-order chi connectivity index (χ1) is 12.0. The summed E-state index contributed by atoms with van der Waals surface area (Å²) in [5.74, 6) is 1.20. The Morgan fingerprint density at radius 1 is 1.16 bits per heavy atom. The zero-order valence-corrected chi connectivity index (χ0v) is 15.4. The smallest absolute Gasteiger partial charge is 0.268 e. The Morgan fingerprint density at radius 2 is 2.00 bits per heavy atom. The Kier molecular flexibility index (Phi) is 5.63. The molecule has 1 atom stereocenters. The van der Waals surface area contributed by atoms with E-state index < -0.39 is 6.29 Å². The average Bonchev–Trinajstić information content (AvgIpc) is 3.05. The van der Waals surface area contributed by atoms with Crippen LogP contribution < -0.4 is 4.90 Å². The molecule has 0 amide bonds. The van der Waals surface area contributed by atoms with E-state index in [1.807, 2.05) is 37.2 Å². The molecule has 8 heteroatoms. The maximum atomic E-state index is 6.04. The van der Waals surface area contributed by atoms with E-state index in [9.17, 15) is 0 Å². The Balaban J connectivity index is 1.79. The summed E-state index contributed by atoms with van der Waals surface area (Å²) in [6.07, 6.45) is 2.64. The van der Waals surface area contributed by atoms with E-state index >= 15 is 0 Å². The number of ether oxygens (including phenoxy) is 2. The van der Waals surface area contributed by atoms with E-state index in [1.165, 1.54) is 0 Å². The van der Waals surface area contributed by atoms with Gasteiger partial charge in [0.15, 0.2) is 0 Å². The summed E-state index contributed by atoms with van der Waals surface area (Å²) in [6.45, 7) is 1.45. The molecule has 1 aromatic carbocycles. The molecule has 6 nitrogen and oxygen atoms in total. The van der Waals surface area contributed by atoms with Crippen LogP contribution in [0.5, 0.6) is 0 Å². The lowest BCUT2D eigenvalue weighted by Gasteiger charge is -2.25. The summed E-state index contributed by atoms with van der Waals surface area (Å²) in [5, 5.41) is 0.809. The van der Waals surface area contributed by atoms with Crippen molar-refractivity contribution in [3.05, 3.63) is 64.5 Å². The second-order valence-corrected chi connectivity index (χ2v) is 6.51. The minimum absolute atomic E-state index is 0.179. The standard InChI is InChI=1S/C17H18Cl2N4O2/c1-22(2)8-9-23(14-6-7-20-17(19)21-14)15-11-24-16(25-15)12-4-3-5-13(18)10-12/h3-7,10-11,16H,8-9H2,1-2H3. The van der Waals surface area contributed by atoms with E-state index in [4.69, 9.17) is 32.7 Å². The van der Waals surface area contributed by atoms with Crippen molar-refractivity contribution in [1.29, 1.82) is 0 Å². The first-order valence-corrected chi connectivity index (χ1v) is 8.47. The van der Waals surface area contributed by atoms with Gasteiger partial charge in [0.05, 0.1) is 0 Å². The maximum absolute atomic E-state index is 6.04. The number of anilines is 1. The average molecular weight is 381 g/mol. The third kappa shape index (κ3) is 4.54. The molecule has 25 heavy (non-hydrogen) atoms. The molecule has 0 saturated carbocycles. The minimum Gasteiger partial charge on any atom is -0.453 e. The predicted octanol–water partition coefficient (Wildman–Crippen LogP) is 3.70. The second kappa shape index (κ2) is 7.91. The largest absolute Gasteiger partial charge is 0.453 e. The fraction of sp³-hybridized carbons (Fsp3) is 0.294. The number of nitrogens with zero attached hydrogens (tertiary/aromatic N) is 4. The molecule has 1 aliphatic heterocycles. The summed E-state index contributed by atoms with van der Waals surface area (Å²) >= 11 is 12.0. The number of hydrogen-bond acceptors (Lipinski definition) is 6. The van der Waals surface area contributed by atoms with E-state index in [0.29, 0.717) is 23.3 Å². The van der Waals surface area contributed by atoms with Crippen LogP contribution in [0.4, 0.5) is 5.82 Å². The fourth-order valence-corrected chi connectivity index (χ4v) is 2.67. The highest BCUT2D eigenvalue weighted by Gasteiger charge is 2.27. The molecule has 0 fully saturated rings. The van der Waals surface area contributed by atoms with Crippen LogP contribution in [0.25, 0.3) is 0 Å². The third-order valence-electron chi connectivity index (χ3n) is 3.57. The minimum atomic E-state index is -0.548. The van der Waals surface area contributed by atoms with Crippen molar-refractivity contribution in [2.45, 2.75) is 6.29 Å². The summed E-state index contributed by atoms with van der Waals surface area (Å²) in [7, 11) is 4.00. The van der Waals surface area contributed by atoms with Gasteiger partial charge in [0.2, 0.25) is 11.2 Å². The maximum Gasteiger partial charge on any atom is 0.268 e. The van der Waals surface area contributed by atoms with Gasteiger partial charge in [-0.05, 0) is 43.9 Å². The van der Waals surface area contributed by atoms with Crippen LogP contribution in [0, 0.1) is 0 Å². The van der Waals surface area contributed by atoms with E-state index in [0.717, 1.165) is 12.1 Å². The number of likely N-dealkylation sites (N-methyl/N-ethyl adjacent to an activating group) is 1. The van der Waals surface area contributed by atoms with Gasteiger partial charge in [-0.2, -0.15) is 0 Å². The highest BCUT2D eigenvalue weighted by Crippen LogP contribution is 2.32. The summed E-state index contributed by atoms with van der Waals surface area (Å²) in [5.41, 5.74) is 0.840. The molecule has 0 radical (unpaired) electrons. The topological polar surface area (TPSA) is 50.7 Å². The first kappa shape index (κ1) is 17.8. The SMILES string of the molecule is CN(C)CCN(C1=COC(c2cccc(Cl)c2)O1)c1ccnc(Cl)n1. The van der Waals surface area contributed by atoms with Crippen molar-refractivity contribution in [3.8, 4) is 0 Å². The molecule has 1 unspecified atom stereocenters. The zero-order valence-electron chi connectivity index (χ0n) is 13.9. The van der Waals surface area contributed by atoms with Gasteiger partial charge in [-0.3, -0.25) is 4.90 Å². The fourth-order valence-electron chi connectivity index (χ4n) is 2.33. The highest BCUT2D eigenvalue weighted by molar-refractivity contribution is 6.30. The molecule has 2 heterocycles. The molecule has 2 aromatic rings. The molecular weight excluding hydrogens is 363 g/mol. The van der Waals surface area contributed by atoms with Crippen molar-refractivity contribution in [2.24, 2.45) is 0 Å². The van der Waals surface area contributed by atoms with Gasteiger partial charge in [0, 0.05) is 29.9 Å². The van der Waals surface area contributed by atoms with Gasteiger partial charge in [-0.15, -0.1) is 0 Å². The van der Waals surface area contributed by atoms with Gasteiger partial charge in [-0.1, -0.05) is 23.7 Å². The van der Waals surface area contributed by atoms with E-state index in [2.05, 4.69) is 14.9 Å². The lowest BCUT2D eigenvalue weighted by molar-refractivity contribution is -0.0351. The molecule has 0 bridgehead atoms. The van der Waals surface area contributed by atoms with Gasteiger partial charge in [0.25, 0.3) is 6.29 Å². The highest BCUT2D eigenvalue weighted by atomic mass is 35.5. The van der Waals surface area contributed by atoms with E-state index in [-0.39, 0.29) is 5.28 Å². The number of hydrogen-bond donors (Lipinski definition) is 0. The molecule has 132 valence electrons. The molecule has 0 aliphatic carbocycles. The van der Waals surface area contributed by atoms with Gasteiger partial charge < -0.3 is 14.4 Å². The van der Waals surface area contributed by atoms with Crippen LogP contribution in [0.1, 0.15) is 11.9 Å². The van der Waals surface area contributed by atoms with Crippen molar-refractivity contribution < 1.29 is 9.47 Å². The van der Waals surface area contributed by atoms with Crippen molar-refractivity contribution >= 4 is 29.0 Å². The van der Waals surface area contributed by atoms with E-state index in [1.54, 1.807) is 24.6 Å². The number of rotatable bonds is 6. The molecule has 1 aliphatic rings. The molecule has 0 spiro atoms. The Hall–Kier alpha value is -2.02. The van der Waals surface area contributed by atoms with Crippen molar-refractivity contribution in [2.75, 3.05) is 32.1 Å². The predicted molar refractivity (Wildman–Crippen MR) is 97.4 cm³/mol. The van der Waals surface area contributed by atoms with Crippen molar-refractivity contribution in [3.63, 3.8) is 0 Å².